The molecular weight excluding hydrogens is 414 g/mol. The fourth-order valence-corrected chi connectivity index (χ4v) is 2.61. The van der Waals surface area contributed by atoms with Crippen LogP contribution < -0.4 is 20.8 Å². The van der Waals surface area contributed by atoms with Crippen molar-refractivity contribution in [3.8, 4) is 22.8 Å². The lowest BCUT2D eigenvalue weighted by Gasteiger charge is -2.03. The van der Waals surface area contributed by atoms with E-state index in [9.17, 15) is 14.4 Å². The summed E-state index contributed by atoms with van der Waals surface area (Å²) in [5, 5.41) is 0. The molecule has 3 N–H and O–H groups in total. The van der Waals surface area contributed by atoms with Gasteiger partial charge in [0.25, 0.3) is 5.56 Å². The molecule has 0 saturated heterocycles. The van der Waals surface area contributed by atoms with Crippen LogP contribution in [0.15, 0.2) is 59.4 Å². The van der Waals surface area contributed by atoms with Gasteiger partial charge in [0.15, 0.2) is 5.78 Å². The van der Waals surface area contributed by atoms with Gasteiger partial charge in [-0.3, -0.25) is 19.4 Å². The van der Waals surface area contributed by atoms with Crippen molar-refractivity contribution in [2.24, 2.45) is 0 Å². The van der Waals surface area contributed by atoms with Crippen molar-refractivity contribution in [1.82, 2.24) is 9.97 Å². The first kappa shape index (κ1) is 24.1. The number of hydrogen-bond acceptors (Lipinski definition) is 8. The standard InChI is InChI=1S/C12H14O4.C11H11N3O2/c1-3-16-12(14)8-11(13)9-4-6-10(15-2)7-5-9;1-16-8-4-2-7(3-5-8)9-6-10(15)14-11(12)13-9/h4-7H,3,8H2,1-2H3;2-6H,1H3,(H3,12,13,14,15). The Balaban J connectivity index is 0.000000227. The van der Waals surface area contributed by atoms with Crippen LogP contribution in [0.3, 0.4) is 0 Å². The molecule has 9 heteroatoms. The van der Waals surface area contributed by atoms with E-state index in [1.165, 1.54) is 6.07 Å². The van der Waals surface area contributed by atoms with Crippen molar-refractivity contribution >= 4 is 17.7 Å². The van der Waals surface area contributed by atoms with E-state index >= 15 is 0 Å². The molecule has 0 radical (unpaired) electrons. The van der Waals surface area contributed by atoms with E-state index in [-0.39, 0.29) is 30.3 Å². The highest BCUT2D eigenvalue weighted by atomic mass is 16.5. The molecule has 0 aliphatic rings. The number of hydrogen-bond donors (Lipinski definition) is 2. The van der Waals surface area contributed by atoms with Gasteiger partial charge in [-0.1, -0.05) is 0 Å². The van der Waals surface area contributed by atoms with Gasteiger partial charge in [0, 0.05) is 17.2 Å². The summed E-state index contributed by atoms with van der Waals surface area (Å²) in [7, 11) is 3.15. The van der Waals surface area contributed by atoms with E-state index in [0.717, 1.165) is 11.3 Å². The number of H-pyrrole nitrogens is 1. The molecule has 1 aromatic heterocycles. The van der Waals surface area contributed by atoms with E-state index in [2.05, 4.69) is 9.97 Å². The van der Waals surface area contributed by atoms with Crippen molar-refractivity contribution in [3.05, 3.63) is 70.5 Å². The van der Waals surface area contributed by atoms with E-state index in [4.69, 9.17) is 19.9 Å². The second-order valence-electron chi connectivity index (χ2n) is 6.38. The summed E-state index contributed by atoms with van der Waals surface area (Å²) in [4.78, 5) is 40.3. The van der Waals surface area contributed by atoms with E-state index in [1.807, 2.05) is 12.1 Å². The largest absolute Gasteiger partial charge is 0.497 e. The number of nitrogens with two attached hydrogens (primary N) is 1. The first-order chi connectivity index (χ1) is 15.4. The summed E-state index contributed by atoms with van der Waals surface area (Å²) in [5.41, 5.74) is 7.04. The minimum Gasteiger partial charge on any atom is -0.497 e. The van der Waals surface area contributed by atoms with Gasteiger partial charge in [0.1, 0.15) is 17.9 Å². The zero-order chi connectivity index (χ0) is 23.5. The molecule has 1 heterocycles. The smallest absolute Gasteiger partial charge is 0.313 e. The molecule has 0 saturated carbocycles. The Hall–Kier alpha value is -4.14. The topological polar surface area (TPSA) is 134 Å². The second kappa shape index (κ2) is 11.9. The number of nitrogen functional groups attached to an aromatic ring is 1. The number of aromatic nitrogens is 2. The minimum atomic E-state index is -0.497. The van der Waals surface area contributed by atoms with Gasteiger partial charge in [0.2, 0.25) is 5.95 Å². The Morgan fingerprint density at radius 2 is 1.53 bits per heavy atom. The molecule has 0 bridgehead atoms. The van der Waals surface area contributed by atoms with Crippen LogP contribution in [0.2, 0.25) is 0 Å². The molecule has 168 valence electrons. The number of rotatable bonds is 7. The summed E-state index contributed by atoms with van der Waals surface area (Å²) in [5.74, 6) is 0.789. The minimum absolute atomic E-state index is 0.110. The maximum Gasteiger partial charge on any atom is 0.313 e. The number of carbonyl (C=O) groups is 2. The molecule has 9 nitrogen and oxygen atoms in total. The number of carbonyl (C=O) groups excluding carboxylic acids is 2. The van der Waals surface area contributed by atoms with Gasteiger partial charge < -0.3 is 19.9 Å². The zero-order valence-electron chi connectivity index (χ0n) is 18.1. The van der Waals surface area contributed by atoms with Gasteiger partial charge in [-0.05, 0) is 55.5 Å². The molecule has 2 aromatic carbocycles. The van der Waals surface area contributed by atoms with Crippen molar-refractivity contribution in [2.75, 3.05) is 26.6 Å². The van der Waals surface area contributed by atoms with Gasteiger partial charge in [0.05, 0.1) is 26.5 Å². The number of nitrogens with zero attached hydrogens (tertiary/aromatic N) is 1. The normalized spacial score (nSPS) is 9.84. The van der Waals surface area contributed by atoms with Crippen LogP contribution in [0, 0.1) is 0 Å². The predicted octanol–water partition coefficient (Wildman–Crippen LogP) is 2.86. The van der Waals surface area contributed by atoms with Crippen LogP contribution in [-0.2, 0) is 9.53 Å². The Kier molecular flexibility index (Phi) is 8.97. The Bertz CT molecular complexity index is 1090. The van der Waals surface area contributed by atoms with Gasteiger partial charge in [-0.2, -0.15) is 0 Å². The van der Waals surface area contributed by atoms with Crippen LogP contribution in [0.5, 0.6) is 11.5 Å². The highest BCUT2D eigenvalue weighted by Crippen LogP contribution is 2.19. The summed E-state index contributed by atoms with van der Waals surface area (Å²) >= 11 is 0. The summed E-state index contributed by atoms with van der Waals surface area (Å²) in [6.07, 6.45) is -0.222. The van der Waals surface area contributed by atoms with Gasteiger partial charge in [-0.15, -0.1) is 0 Å². The molecule has 0 fully saturated rings. The SMILES string of the molecule is CCOC(=O)CC(=O)c1ccc(OC)cc1.COc1ccc(-c2cc(=O)[nH]c(N)n2)cc1. The Morgan fingerprint density at radius 1 is 0.969 bits per heavy atom. The highest BCUT2D eigenvalue weighted by molar-refractivity contribution is 6.05. The third-order valence-corrected chi connectivity index (χ3v) is 4.17. The van der Waals surface area contributed by atoms with Crippen molar-refractivity contribution < 1.29 is 23.8 Å². The molecule has 0 atom stereocenters. The van der Waals surface area contributed by atoms with E-state index < -0.39 is 5.97 Å². The number of ketones is 1. The third kappa shape index (κ3) is 7.28. The molecule has 32 heavy (non-hydrogen) atoms. The zero-order valence-corrected chi connectivity index (χ0v) is 18.1. The number of nitrogens with one attached hydrogen (secondary N) is 1. The first-order valence-electron chi connectivity index (χ1n) is 9.70. The molecule has 0 unspecified atom stereocenters. The number of aromatic amines is 1. The lowest BCUT2D eigenvalue weighted by molar-refractivity contribution is -0.141. The quantitative estimate of drug-likeness (QED) is 0.326. The van der Waals surface area contributed by atoms with E-state index in [1.54, 1.807) is 57.5 Å². The van der Waals surface area contributed by atoms with Crippen LogP contribution in [-0.4, -0.2) is 42.5 Å². The summed E-state index contributed by atoms with van der Waals surface area (Å²) in [6.45, 7) is 1.99. The molecular formula is C23H25N3O6. The molecule has 0 aliphatic carbocycles. The lowest BCUT2D eigenvalue weighted by Crippen LogP contribution is -2.11. The number of esters is 1. The van der Waals surface area contributed by atoms with Crippen molar-refractivity contribution in [3.63, 3.8) is 0 Å². The van der Waals surface area contributed by atoms with Crippen molar-refractivity contribution in [2.45, 2.75) is 13.3 Å². The average Bonchev–Trinajstić information content (AvgIpc) is 2.79. The average molecular weight is 439 g/mol. The number of Topliss-reactive ketones (excluding diaryl/α,β-unsaturated/α-hetero) is 1. The van der Waals surface area contributed by atoms with Crippen LogP contribution in [0.1, 0.15) is 23.7 Å². The maximum atomic E-state index is 11.6. The van der Waals surface area contributed by atoms with Gasteiger partial charge >= 0.3 is 5.97 Å². The van der Waals surface area contributed by atoms with Crippen LogP contribution in [0.4, 0.5) is 5.95 Å². The number of ether oxygens (including phenoxy) is 3. The predicted molar refractivity (Wildman–Crippen MR) is 120 cm³/mol. The maximum absolute atomic E-state index is 11.6. The summed E-state index contributed by atoms with van der Waals surface area (Å²) in [6, 6.07) is 15.2. The third-order valence-electron chi connectivity index (χ3n) is 4.17. The monoisotopic (exact) mass is 439 g/mol. The highest BCUT2D eigenvalue weighted by Gasteiger charge is 2.12. The molecule has 0 aliphatic heterocycles. The van der Waals surface area contributed by atoms with Crippen LogP contribution >= 0.6 is 0 Å². The Labute approximate surface area is 185 Å². The van der Waals surface area contributed by atoms with Crippen molar-refractivity contribution in [1.29, 1.82) is 0 Å². The number of anilines is 1. The Morgan fingerprint density at radius 3 is 2.03 bits per heavy atom. The molecule has 3 aromatic rings. The van der Waals surface area contributed by atoms with Crippen LogP contribution in [0.25, 0.3) is 11.3 Å². The van der Waals surface area contributed by atoms with Gasteiger partial charge in [-0.25, -0.2) is 4.98 Å². The first-order valence-corrected chi connectivity index (χ1v) is 9.70. The molecule has 3 rings (SSSR count). The fraction of sp³-hybridized carbons (Fsp3) is 0.217. The lowest BCUT2D eigenvalue weighted by atomic mass is 10.1. The van der Waals surface area contributed by atoms with E-state index in [0.29, 0.717) is 17.0 Å². The fourth-order valence-electron chi connectivity index (χ4n) is 2.61. The summed E-state index contributed by atoms with van der Waals surface area (Å²) < 4.78 is 14.7. The molecule has 0 spiro atoms. The second-order valence-corrected chi connectivity index (χ2v) is 6.38. The number of methoxy groups -OCH3 is 2. The molecule has 0 amide bonds. The number of benzene rings is 2.